The average molecular weight is 555 g/mol. The third-order valence-corrected chi connectivity index (χ3v) is 8.48. The van der Waals surface area contributed by atoms with Crippen molar-refractivity contribution in [1.29, 1.82) is 0 Å². The fourth-order valence-corrected chi connectivity index (χ4v) is 6.70. The van der Waals surface area contributed by atoms with E-state index in [0.717, 1.165) is 84.5 Å². The fourth-order valence-electron chi connectivity index (χ4n) is 6.70. The normalized spacial score (nSPS) is 13.0. The van der Waals surface area contributed by atoms with E-state index in [2.05, 4.69) is 99.0 Å². The van der Waals surface area contributed by atoms with Crippen LogP contribution in [0.2, 0.25) is 0 Å². The van der Waals surface area contributed by atoms with Crippen molar-refractivity contribution in [1.82, 2.24) is 14.1 Å². The molecule has 0 amide bonds. The van der Waals surface area contributed by atoms with Gasteiger partial charge >= 0.3 is 0 Å². The van der Waals surface area contributed by atoms with Gasteiger partial charge in [-0.1, -0.05) is 72.8 Å². The minimum atomic E-state index is 0.739. The Hall–Kier alpha value is -6.01. The van der Waals surface area contributed by atoms with E-state index >= 15 is 0 Å². The van der Waals surface area contributed by atoms with E-state index in [-0.39, 0.29) is 0 Å². The molecule has 8 aromatic rings. The summed E-state index contributed by atoms with van der Waals surface area (Å²) in [6, 6.07) is 45.7. The van der Waals surface area contributed by atoms with Gasteiger partial charge in [0.05, 0.1) is 27.9 Å². The fraction of sp³-hybridized carbons (Fsp3) is 0. The Morgan fingerprint density at radius 3 is 1.98 bits per heavy atom. The largest absolute Gasteiger partial charge is 0.453 e. The van der Waals surface area contributed by atoms with Crippen LogP contribution in [0.15, 0.2) is 133 Å². The van der Waals surface area contributed by atoms with Crippen LogP contribution in [0.4, 0.5) is 17.1 Å². The van der Waals surface area contributed by atoms with Crippen molar-refractivity contribution in [2.45, 2.75) is 0 Å². The quantitative estimate of drug-likeness (QED) is 0.213. The molecule has 10 rings (SSSR count). The molecular formula is C37H22N4O2. The molecule has 0 fully saturated rings. The molecule has 0 saturated carbocycles. The Morgan fingerprint density at radius 1 is 0.512 bits per heavy atom. The van der Waals surface area contributed by atoms with E-state index in [4.69, 9.17) is 14.5 Å². The van der Waals surface area contributed by atoms with Crippen molar-refractivity contribution in [2.75, 3.05) is 4.90 Å². The maximum absolute atomic E-state index is 6.88. The van der Waals surface area contributed by atoms with Gasteiger partial charge in [-0.15, -0.1) is 0 Å². The predicted molar refractivity (Wildman–Crippen MR) is 170 cm³/mol. The summed E-state index contributed by atoms with van der Waals surface area (Å²) in [4.78, 5) is 7.53. The summed E-state index contributed by atoms with van der Waals surface area (Å²) < 4.78 is 18.0. The van der Waals surface area contributed by atoms with Gasteiger partial charge in [0.15, 0.2) is 23.0 Å². The third-order valence-electron chi connectivity index (χ3n) is 8.48. The van der Waals surface area contributed by atoms with E-state index in [9.17, 15) is 0 Å². The van der Waals surface area contributed by atoms with Crippen LogP contribution in [0, 0.1) is 0 Å². The molecule has 0 saturated heterocycles. The summed E-state index contributed by atoms with van der Waals surface area (Å²) >= 11 is 0. The van der Waals surface area contributed by atoms with Crippen LogP contribution in [-0.2, 0) is 0 Å². The second kappa shape index (κ2) is 8.27. The molecular weight excluding hydrogens is 532 g/mol. The highest BCUT2D eigenvalue weighted by atomic mass is 16.5. The van der Waals surface area contributed by atoms with Crippen molar-refractivity contribution in [3.8, 4) is 34.6 Å². The third kappa shape index (κ3) is 2.99. The summed E-state index contributed by atoms with van der Waals surface area (Å²) in [5, 5.41) is 2.13. The molecule has 2 aliphatic rings. The van der Waals surface area contributed by atoms with Crippen LogP contribution in [0.1, 0.15) is 0 Å². The second-order valence-corrected chi connectivity index (χ2v) is 10.8. The van der Waals surface area contributed by atoms with E-state index in [1.807, 2.05) is 48.5 Å². The monoisotopic (exact) mass is 554 g/mol. The van der Waals surface area contributed by atoms with Crippen LogP contribution >= 0.6 is 0 Å². The van der Waals surface area contributed by atoms with Gasteiger partial charge in [-0.3, -0.25) is 14.0 Å². The first kappa shape index (κ1) is 22.7. The summed E-state index contributed by atoms with van der Waals surface area (Å²) in [6.07, 6.45) is 0. The molecule has 2 aliphatic heterocycles. The summed E-state index contributed by atoms with van der Waals surface area (Å²) in [7, 11) is 0. The van der Waals surface area contributed by atoms with E-state index < -0.39 is 0 Å². The number of imidazole rings is 1. The zero-order valence-corrected chi connectivity index (χ0v) is 22.8. The van der Waals surface area contributed by atoms with E-state index in [1.54, 1.807) is 0 Å². The SMILES string of the molecule is c1ccc(-n2c(-n3c4ccccc4c4cc5c6c(c43)Oc3ccccc3N6c3ccccc3O5)nc3ccccc32)cc1. The highest BCUT2D eigenvalue weighted by Crippen LogP contribution is 2.62. The first-order valence-electron chi connectivity index (χ1n) is 14.3. The number of para-hydroxylation sites is 8. The molecule has 6 aromatic carbocycles. The number of fused-ring (bicyclic) bond motifs is 9. The number of ether oxygens (including phenoxy) is 2. The lowest BCUT2D eigenvalue weighted by atomic mass is 10.0. The number of aromatic nitrogens is 3. The van der Waals surface area contributed by atoms with Crippen LogP contribution in [0.3, 0.4) is 0 Å². The number of hydrogen-bond acceptors (Lipinski definition) is 4. The Kier molecular flexibility index (Phi) is 4.36. The number of anilines is 3. The zero-order chi connectivity index (χ0) is 28.1. The molecule has 4 heterocycles. The molecule has 202 valence electrons. The Balaban J connectivity index is 1.39. The molecule has 0 atom stereocenters. The molecule has 6 nitrogen and oxygen atoms in total. The van der Waals surface area contributed by atoms with Crippen LogP contribution in [0.5, 0.6) is 23.0 Å². The topological polar surface area (TPSA) is 44.5 Å². The van der Waals surface area contributed by atoms with Crippen molar-refractivity contribution in [3.63, 3.8) is 0 Å². The molecule has 0 aliphatic carbocycles. The Morgan fingerprint density at radius 2 is 1.16 bits per heavy atom. The minimum Gasteiger partial charge on any atom is -0.453 e. The number of hydrogen-bond donors (Lipinski definition) is 0. The van der Waals surface area contributed by atoms with Crippen LogP contribution in [-0.4, -0.2) is 14.1 Å². The molecule has 6 heteroatoms. The lowest BCUT2D eigenvalue weighted by Crippen LogP contribution is -2.20. The van der Waals surface area contributed by atoms with Gasteiger partial charge in [0.2, 0.25) is 5.95 Å². The van der Waals surface area contributed by atoms with E-state index in [0.29, 0.717) is 0 Å². The van der Waals surface area contributed by atoms with Crippen molar-refractivity contribution < 1.29 is 9.47 Å². The molecule has 2 aromatic heterocycles. The van der Waals surface area contributed by atoms with Gasteiger partial charge in [0.25, 0.3) is 0 Å². The maximum Gasteiger partial charge on any atom is 0.220 e. The van der Waals surface area contributed by atoms with Gasteiger partial charge in [0.1, 0.15) is 11.2 Å². The highest BCUT2D eigenvalue weighted by Gasteiger charge is 2.37. The minimum absolute atomic E-state index is 0.739. The first-order chi connectivity index (χ1) is 21.3. The molecule has 0 N–H and O–H groups in total. The molecule has 0 spiro atoms. The molecule has 0 radical (unpaired) electrons. The first-order valence-corrected chi connectivity index (χ1v) is 14.3. The Bertz CT molecular complexity index is 2410. The zero-order valence-electron chi connectivity index (χ0n) is 22.8. The van der Waals surface area contributed by atoms with Gasteiger partial charge in [-0.05, 0) is 60.7 Å². The number of rotatable bonds is 2. The van der Waals surface area contributed by atoms with Crippen LogP contribution in [0.25, 0.3) is 44.5 Å². The van der Waals surface area contributed by atoms with Crippen LogP contribution < -0.4 is 14.4 Å². The van der Waals surface area contributed by atoms with Crippen molar-refractivity contribution in [3.05, 3.63) is 133 Å². The number of benzene rings is 6. The maximum atomic E-state index is 6.88. The summed E-state index contributed by atoms with van der Waals surface area (Å²) in [5.74, 6) is 3.89. The predicted octanol–water partition coefficient (Wildman–Crippen LogP) is 9.80. The van der Waals surface area contributed by atoms with Gasteiger partial charge in [-0.2, -0.15) is 0 Å². The van der Waals surface area contributed by atoms with Gasteiger partial charge < -0.3 is 9.47 Å². The second-order valence-electron chi connectivity index (χ2n) is 10.8. The van der Waals surface area contributed by atoms with E-state index in [1.165, 1.54) is 0 Å². The Labute approximate surface area is 246 Å². The van der Waals surface area contributed by atoms with Gasteiger partial charge in [-0.25, -0.2) is 4.98 Å². The molecule has 43 heavy (non-hydrogen) atoms. The number of nitrogens with zero attached hydrogens (tertiary/aromatic N) is 4. The van der Waals surface area contributed by atoms with Gasteiger partial charge in [0, 0.05) is 16.5 Å². The lowest BCUT2D eigenvalue weighted by Gasteiger charge is -2.38. The molecule has 0 unspecified atom stereocenters. The summed E-state index contributed by atoms with van der Waals surface area (Å²) in [5.41, 5.74) is 7.81. The molecule has 0 bridgehead atoms. The summed E-state index contributed by atoms with van der Waals surface area (Å²) in [6.45, 7) is 0. The average Bonchev–Trinajstić information content (AvgIpc) is 3.61. The highest BCUT2D eigenvalue weighted by molar-refractivity contribution is 6.15. The smallest absolute Gasteiger partial charge is 0.220 e. The lowest BCUT2D eigenvalue weighted by molar-refractivity contribution is 0.449. The van der Waals surface area contributed by atoms with Crippen molar-refractivity contribution >= 4 is 49.9 Å². The van der Waals surface area contributed by atoms with Crippen molar-refractivity contribution in [2.24, 2.45) is 0 Å². The standard InChI is InChI=1S/C37H22N4O2/c1-2-12-23(13-3-1)39-28-17-7-5-15-26(28)38-37(39)41-27-16-6-4-14-24(27)25-22-33-35-36(34(25)41)43-32-21-11-9-19-30(32)40(35)29-18-8-10-20-31(29)42-33/h1-22H.